The Morgan fingerprint density at radius 3 is 2.30 bits per heavy atom. The van der Waals surface area contributed by atoms with Crippen LogP contribution in [0.3, 0.4) is 0 Å². The zero-order valence-electron chi connectivity index (χ0n) is 19.9. The van der Waals surface area contributed by atoms with E-state index in [1.165, 1.54) is 37.3 Å². The maximum atomic E-state index is 14.8. The molecule has 1 saturated carbocycles. The predicted octanol–water partition coefficient (Wildman–Crippen LogP) is 8.62. The summed E-state index contributed by atoms with van der Waals surface area (Å²) in [6.07, 6.45) is 13.2. The molecule has 0 N–H and O–H groups in total. The van der Waals surface area contributed by atoms with Crippen LogP contribution >= 0.6 is 0 Å². The number of benzene rings is 2. The minimum Gasteiger partial charge on any atom is -0.493 e. The number of allylic oxidation sites excluding steroid dienone is 1. The normalized spacial score (nSPS) is 18.6. The van der Waals surface area contributed by atoms with Crippen LogP contribution < -0.4 is 4.74 Å². The van der Waals surface area contributed by atoms with Gasteiger partial charge in [-0.25, -0.2) is 8.78 Å². The molecule has 1 fully saturated rings. The monoisotopic (exact) mass is 456 g/mol. The van der Waals surface area contributed by atoms with Gasteiger partial charge in [-0.2, -0.15) is 0 Å². The molecule has 2 aromatic carbocycles. The smallest absolute Gasteiger partial charge is 0.134 e. The summed E-state index contributed by atoms with van der Waals surface area (Å²) in [6.45, 7) is 1.41. The van der Waals surface area contributed by atoms with Crippen LogP contribution in [0.1, 0.15) is 75.7 Å². The fourth-order valence-electron chi connectivity index (χ4n) is 4.83. The highest BCUT2D eigenvalue weighted by Crippen LogP contribution is 2.38. The number of unbranched alkanes of at least 4 members (excludes halogenated alkanes) is 3. The van der Waals surface area contributed by atoms with Gasteiger partial charge in [-0.15, -0.1) is 0 Å². The Kier molecular flexibility index (Phi) is 10.9. The Morgan fingerprint density at radius 1 is 0.909 bits per heavy atom. The van der Waals surface area contributed by atoms with E-state index in [-0.39, 0.29) is 5.82 Å². The number of hydrogen-bond acceptors (Lipinski definition) is 2. The van der Waals surface area contributed by atoms with Gasteiger partial charge in [0.2, 0.25) is 0 Å². The van der Waals surface area contributed by atoms with Gasteiger partial charge in [-0.3, -0.25) is 0 Å². The highest BCUT2D eigenvalue weighted by Gasteiger charge is 2.22. The molecule has 0 spiro atoms. The zero-order valence-corrected chi connectivity index (χ0v) is 19.9. The number of hydrogen-bond donors (Lipinski definition) is 0. The topological polar surface area (TPSA) is 18.5 Å². The summed E-state index contributed by atoms with van der Waals surface area (Å²) in [6, 6.07) is 13.5. The van der Waals surface area contributed by atoms with Crippen LogP contribution in [0, 0.1) is 11.7 Å². The molecule has 1 aliphatic carbocycles. The summed E-state index contributed by atoms with van der Waals surface area (Å²) < 4.78 is 37.7. The lowest BCUT2D eigenvalue weighted by molar-refractivity contribution is 0.191. The van der Waals surface area contributed by atoms with Crippen LogP contribution in [0.5, 0.6) is 5.75 Å². The quantitative estimate of drug-likeness (QED) is 0.281. The first-order chi connectivity index (χ1) is 16.2. The molecule has 33 heavy (non-hydrogen) atoms. The second-order valence-electron chi connectivity index (χ2n) is 9.18. The summed E-state index contributed by atoms with van der Waals surface area (Å²) in [7, 11) is 1.72. The first kappa shape index (κ1) is 25.4. The molecule has 0 saturated heterocycles. The largest absolute Gasteiger partial charge is 0.493 e. The van der Waals surface area contributed by atoms with Gasteiger partial charge in [0.1, 0.15) is 11.6 Å². The molecule has 0 amide bonds. The van der Waals surface area contributed by atoms with E-state index in [2.05, 4.69) is 12.1 Å². The third-order valence-corrected chi connectivity index (χ3v) is 6.82. The lowest BCUT2D eigenvalue weighted by atomic mass is 9.77. The van der Waals surface area contributed by atoms with Gasteiger partial charge >= 0.3 is 0 Å². The molecule has 0 atom stereocenters. The van der Waals surface area contributed by atoms with E-state index in [1.807, 2.05) is 24.3 Å². The third-order valence-electron chi connectivity index (χ3n) is 6.82. The molecule has 180 valence electrons. The summed E-state index contributed by atoms with van der Waals surface area (Å²) in [5, 5.41) is 0. The molecular weight excluding hydrogens is 418 g/mol. The van der Waals surface area contributed by atoms with Gasteiger partial charge in [0.05, 0.1) is 12.9 Å². The fourth-order valence-corrected chi connectivity index (χ4v) is 4.83. The summed E-state index contributed by atoms with van der Waals surface area (Å²) in [5.74, 6) is 1.62. The van der Waals surface area contributed by atoms with Crippen molar-refractivity contribution in [2.75, 3.05) is 20.3 Å². The summed E-state index contributed by atoms with van der Waals surface area (Å²) in [5.41, 5.74) is 2.84. The highest BCUT2D eigenvalue weighted by atomic mass is 19.1. The molecular formula is C29H38F2O2. The van der Waals surface area contributed by atoms with E-state index >= 15 is 0 Å². The van der Waals surface area contributed by atoms with Crippen molar-refractivity contribution in [2.24, 2.45) is 5.92 Å². The SMILES string of the molecule is COCCCCCCOc1ccc(-c2ccc(C3CCC(CCC=CF)CC3)cc2)c(F)c1. The highest BCUT2D eigenvalue weighted by molar-refractivity contribution is 5.65. The Bertz CT molecular complexity index is 839. The average Bonchev–Trinajstić information content (AvgIpc) is 2.84. The van der Waals surface area contributed by atoms with E-state index in [0.29, 0.717) is 36.1 Å². The molecule has 0 aliphatic heterocycles. The van der Waals surface area contributed by atoms with Crippen molar-refractivity contribution in [2.45, 2.75) is 70.1 Å². The first-order valence-corrected chi connectivity index (χ1v) is 12.5. The van der Waals surface area contributed by atoms with Gasteiger partial charge in [-0.05, 0) is 92.9 Å². The summed E-state index contributed by atoms with van der Waals surface area (Å²) in [4.78, 5) is 0. The van der Waals surface area contributed by atoms with Crippen molar-refractivity contribution in [3.8, 4) is 16.9 Å². The molecule has 3 rings (SSSR count). The van der Waals surface area contributed by atoms with Crippen molar-refractivity contribution in [3.05, 3.63) is 66.3 Å². The van der Waals surface area contributed by atoms with Crippen LogP contribution in [0.4, 0.5) is 8.78 Å². The lowest BCUT2D eigenvalue weighted by Gasteiger charge is -2.28. The minimum absolute atomic E-state index is 0.247. The van der Waals surface area contributed by atoms with Crippen LogP contribution in [-0.4, -0.2) is 20.3 Å². The molecule has 1 aliphatic rings. The Labute approximate surface area is 198 Å². The van der Waals surface area contributed by atoms with Gasteiger partial charge < -0.3 is 9.47 Å². The number of methoxy groups -OCH3 is 1. The van der Waals surface area contributed by atoms with E-state index in [4.69, 9.17) is 9.47 Å². The Balaban J connectivity index is 1.47. The zero-order chi connectivity index (χ0) is 23.3. The fraction of sp³-hybridized carbons (Fsp3) is 0.517. The standard InChI is InChI=1S/C29H38F2O2/c1-32-20-6-2-3-7-21-33-27-17-18-28(29(31)22-27)26-15-13-25(14-16-26)24-11-9-23(10-12-24)8-4-5-19-30/h5,13-19,22-24H,2-4,6-12,20-21H2,1H3. The first-order valence-electron chi connectivity index (χ1n) is 12.5. The van der Waals surface area contributed by atoms with Crippen molar-refractivity contribution >= 4 is 0 Å². The van der Waals surface area contributed by atoms with Crippen LogP contribution in [-0.2, 0) is 4.74 Å². The van der Waals surface area contributed by atoms with E-state index in [9.17, 15) is 8.78 Å². The van der Waals surface area contributed by atoms with Gasteiger partial charge in [-0.1, -0.05) is 36.8 Å². The molecule has 2 aromatic rings. The molecule has 0 aromatic heterocycles. The molecule has 0 heterocycles. The Hall–Kier alpha value is -2.20. The van der Waals surface area contributed by atoms with Crippen LogP contribution in [0.15, 0.2) is 54.9 Å². The van der Waals surface area contributed by atoms with Gasteiger partial charge in [0.15, 0.2) is 0 Å². The van der Waals surface area contributed by atoms with Crippen LogP contribution in [0.2, 0.25) is 0 Å². The van der Waals surface area contributed by atoms with Crippen molar-refractivity contribution in [3.63, 3.8) is 0 Å². The Morgan fingerprint density at radius 2 is 1.64 bits per heavy atom. The minimum atomic E-state index is -0.247. The lowest BCUT2D eigenvalue weighted by Crippen LogP contribution is -2.13. The number of rotatable bonds is 13. The van der Waals surface area contributed by atoms with Crippen LogP contribution in [0.25, 0.3) is 11.1 Å². The van der Waals surface area contributed by atoms with Gasteiger partial charge in [0.25, 0.3) is 0 Å². The number of ether oxygens (including phenoxy) is 2. The van der Waals surface area contributed by atoms with Crippen molar-refractivity contribution < 1.29 is 18.3 Å². The average molecular weight is 457 g/mol. The summed E-state index contributed by atoms with van der Waals surface area (Å²) >= 11 is 0. The van der Waals surface area contributed by atoms with E-state index in [0.717, 1.165) is 50.7 Å². The molecule has 0 unspecified atom stereocenters. The van der Waals surface area contributed by atoms with Crippen molar-refractivity contribution in [1.29, 1.82) is 0 Å². The second kappa shape index (κ2) is 14.1. The molecule has 0 radical (unpaired) electrons. The van der Waals surface area contributed by atoms with Crippen molar-refractivity contribution in [1.82, 2.24) is 0 Å². The molecule has 2 nitrogen and oxygen atoms in total. The predicted molar refractivity (Wildman–Crippen MR) is 132 cm³/mol. The number of halogens is 2. The van der Waals surface area contributed by atoms with Gasteiger partial charge in [0, 0.05) is 25.3 Å². The van der Waals surface area contributed by atoms with E-state index in [1.54, 1.807) is 13.2 Å². The maximum Gasteiger partial charge on any atom is 0.134 e. The third kappa shape index (κ3) is 8.26. The van der Waals surface area contributed by atoms with E-state index < -0.39 is 0 Å². The maximum absolute atomic E-state index is 14.8. The molecule has 0 bridgehead atoms. The second-order valence-corrected chi connectivity index (χ2v) is 9.18. The molecule has 4 heteroatoms.